The van der Waals surface area contributed by atoms with E-state index in [9.17, 15) is 0 Å². The van der Waals surface area contributed by atoms with Crippen LogP contribution in [0.1, 0.15) is 25.5 Å². The number of ether oxygens (including phenoxy) is 1. The Morgan fingerprint density at radius 3 is 3.00 bits per heavy atom. The van der Waals surface area contributed by atoms with Crippen molar-refractivity contribution in [1.82, 2.24) is 9.78 Å². The lowest BCUT2D eigenvalue weighted by atomic mass is 10.2. The molecule has 2 aromatic rings. The van der Waals surface area contributed by atoms with Crippen LogP contribution in [0.25, 0.3) is 10.9 Å². The molecule has 1 aliphatic rings. The van der Waals surface area contributed by atoms with Gasteiger partial charge in [0.15, 0.2) is 6.23 Å². The molecule has 18 heavy (non-hydrogen) atoms. The van der Waals surface area contributed by atoms with Crippen molar-refractivity contribution in [3.63, 3.8) is 0 Å². The smallest absolute Gasteiger partial charge is 0.150 e. The van der Waals surface area contributed by atoms with Crippen LogP contribution in [0.3, 0.4) is 0 Å². The highest BCUT2D eigenvalue weighted by Gasteiger charge is 2.21. The first-order valence-corrected chi connectivity index (χ1v) is 8.06. The van der Waals surface area contributed by atoms with Crippen LogP contribution in [-0.4, -0.2) is 16.4 Å². The molecule has 0 saturated carbocycles. The van der Waals surface area contributed by atoms with Gasteiger partial charge in [-0.1, -0.05) is 27.5 Å². The molecule has 1 fully saturated rings. The third-order valence-corrected chi connectivity index (χ3v) is 4.62. The highest BCUT2D eigenvalue weighted by Crippen LogP contribution is 2.34. The molecule has 6 heteroatoms. The highest BCUT2D eigenvalue weighted by molar-refractivity contribution is 14.1. The van der Waals surface area contributed by atoms with E-state index in [1.807, 2.05) is 16.8 Å². The number of fused-ring (bicyclic) bond motifs is 1. The van der Waals surface area contributed by atoms with E-state index in [2.05, 4.69) is 43.6 Å². The standard InChI is InChI=1S/C12H11BrClIN2O/c13-7-5-8(14)11-9(6-7)17(16-12(11)15)10-3-1-2-4-18-10/h5-6,10H,1-4H2. The van der Waals surface area contributed by atoms with E-state index in [0.29, 0.717) is 0 Å². The maximum atomic E-state index is 6.29. The molecule has 0 amide bonds. The summed E-state index contributed by atoms with van der Waals surface area (Å²) < 4.78 is 9.66. The summed E-state index contributed by atoms with van der Waals surface area (Å²) in [4.78, 5) is 0. The van der Waals surface area contributed by atoms with Crippen molar-refractivity contribution < 1.29 is 4.74 Å². The second-order valence-electron chi connectivity index (χ2n) is 4.34. The topological polar surface area (TPSA) is 27.1 Å². The Kier molecular flexibility index (Phi) is 3.85. The summed E-state index contributed by atoms with van der Waals surface area (Å²) in [5, 5.41) is 6.32. The Bertz CT molecular complexity index is 595. The number of halogens is 3. The SMILES string of the molecule is Clc1cc(Br)cc2c1c(I)nn2C1CCCCO1. The van der Waals surface area contributed by atoms with Gasteiger partial charge in [0, 0.05) is 11.1 Å². The predicted octanol–water partition coefficient (Wildman–Crippen LogP) is 4.76. The lowest BCUT2D eigenvalue weighted by molar-refractivity contribution is -0.0368. The fraction of sp³-hybridized carbons (Fsp3) is 0.417. The van der Waals surface area contributed by atoms with Gasteiger partial charge in [-0.15, -0.1) is 0 Å². The Hall–Kier alpha value is 0.150. The second-order valence-corrected chi connectivity index (χ2v) is 6.68. The zero-order valence-electron chi connectivity index (χ0n) is 9.50. The van der Waals surface area contributed by atoms with E-state index in [1.54, 1.807) is 0 Å². The summed E-state index contributed by atoms with van der Waals surface area (Å²) in [5.41, 5.74) is 1.03. The van der Waals surface area contributed by atoms with E-state index in [0.717, 1.165) is 43.5 Å². The first-order valence-electron chi connectivity index (χ1n) is 5.81. The predicted molar refractivity (Wildman–Crippen MR) is 84.0 cm³/mol. The molecule has 3 nitrogen and oxygen atoms in total. The van der Waals surface area contributed by atoms with E-state index < -0.39 is 0 Å². The number of aromatic nitrogens is 2. The number of benzene rings is 1. The van der Waals surface area contributed by atoms with Crippen LogP contribution in [0.15, 0.2) is 16.6 Å². The molecule has 1 aliphatic heterocycles. The molecule has 0 N–H and O–H groups in total. The maximum Gasteiger partial charge on any atom is 0.150 e. The average molecular weight is 441 g/mol. The third kappa shape index (κ3) is 2.30. The van der Waals surface area contributed by atoms with E-state index in [-0.39, 0.29) is 6.23 Å². The molecule has 96 valence electrons. The zero-order valence-corrected chi connectivity index (χ0v) is 14.0. The van der Waals surface area contributed by atoms with Crippen molar-refractivity contribution in [2.45, 2.75) is 25.5 Å². The minimum absolute atomic E-state index is 0.0372. The van der Waals surface area contributed by atoms with Gasteiger partial charge in [0.05, 0.1) is 15.9 Å². The van der Waals surface area contributed by atoms with Crippen LogP contribution in [0.4, 0.5) is 0 Å². The lowest BCUT2D eigenvalue weighted by Crippen LogP contribution is -2.19. The van der Waals surface area contributed by atoms with Gasteiger partial charge in [-0.05, 0) is 54.0 Å². The van der Waals surface area contributed by atoms with E-state index in [1.165, 1.54) is 6.42 Å². The van der Waals surface area contributed by atoms with Gasteiger partial charge in [0.25, 0.3) is 0 Å². The van der Waals surface area contributed by atoms with Gasteiger partial charge in [-0.25, -0.2) is 4.68 Å². The Balaban J connectivity index is 2.17. The van der Waals surface area contributed by atoms with Crippen LogP contribution in [0.2, 0.25) is 5.02 Å². The van der Waals surface area contributed by atoms with Crippen molar-refractivity contribution in [1.29, 1.82) is 0 Å². The second kappa shape index (κ2) is 5.26. The summed E-state index contributed by atoms with van der Waals surface area (Å²) in [6.45, 7) is 0.810. The zero-order chi connectivity index (χ0) is 12.7. The van der Waals surface area contributed by atoms with Crippen molar-refractivity contribution in [3.8, 4) is 0 Å². The lowest BCUT2D eigenvalue weighted by Gasteiger charge is -2.23. The molecule has 0 bridgehead atoms. The van der Waals surface area contributed by atoms with Crippen LogP contribution in [-0.2, 0) is 4.74 Å². The normalized spacial score (nSPS) is 20.5. The van der Waals surface area contributed by atoms with Crippen molar-refractivity contribution in [3.05, 3.63) is 25.3 Å². The van der Waals surface area contributed by atoms with Gasteiger partial charge in [0.1, 0.15) is 3.70 Å². The van der Waals surface area contributed by atoms with Gasteiger partial charge in [-0.3, -0.25) is 0 Å². The van der Waals surface area contributed by atoms with Gasteiger partial charge < -0.3 is 4.74 Å². The van der Waals surface area contributed by atoms with Crippen LogP contribution in [0.5, 0.6) is 0 Å². The summed E-state index contributed by atoms with van der Waals surface area (Å²) in [6, 6.07) is 3.95. The number of nitrogens with zero attached hydrogens (tertiary/aromatic N) is 2. The van der Waals surface area contributed by atoms with E-state index in [4.69, 9.17) is 16.3 Å². The largest absolute Gasteiger partial charge is 0.356 e. The number of hydrogen-bond donors (Lipinski definition) is 0. The van der Waals surface area contributed by atoms with Crippen molar-refractivity contribution >= 4 is 61.0 Å². The molecule has 1 aromatic carbocycles. The maximum absolute atomic E-state index is 6.29. The highest BCUT2D eigenvalue weighted by atomic mass is 127. The summed E-state index contributed by atoms with van der Waals surface area (Å²) in [5.74, 6) is 0. The Labute approximate surface area is 132 Å². The van der Waals surface area contributed by atoms with Gasteiger partial charge in [0.2, 0.25) is 0 Å². The molecule has 3 rings (SSSR count). The van der Waals surface area contributed by atoms with Gasteiger partial charge >= 0.3 is 0 Å². The minimum atomic E-state index is 0.0372. The fourth-order valence-corrected chi connectivity index (χ4v) is 4.12. The van der Waals surface area contributed by atoms with Gasteiger partial charge in [-0.2, -0.15) is 5.10 Å². The molecule has 2 heterocycles. The minimum Gasteiger partial charge on any atom is -0.356 e. The van der Waals surface area contributed by atoms with Crippen LogP contribution >= 0.6 is 50.1 Å². The molecule has 1 atom stereocenters. The average Bonchev–Trinajstić information content (AvgIpc) is 2.67. The monoisotopic (exact) mass is 440 g/mol. The summed E-state index contributed by atoms with van der Waals surface area (Å²) in [7, 11) is 0. The first-order chi connectivity index (χ1) is 8.66. The molecular weight excluding hydrogens is 430 g/mol. The molecular formula is C12H11BrClIN2O. The Morgan fingerprint density at radius 1 is 1.44 bits per heavy atom. The molecule has 1 saturated heterocycles. The molecule has 1 aromatic heterocycles. The quantitative estimate of drug-likeness (QED) is 0.597. The number of hydrogen-bond acceptors (Lipinski definition) is 2. The molecule has 0 radical (unpaired) electrons. The third-order valence-electron chi connectivity index (χ3n) is 3.11. The molecule has 0 aliphatic carbocycles. The summed E-state index contributed by atoms with van der Waals surface area (Å²) >= 11 is 12.0. The first kappa shape index (κ1) is 13.1. The van der Waals surface area contributed by atoms with Crippen LogP contribution in [0, 0.1) is 3.70 Å². The molecule has 0 spiro atoms. The Morgan fingerprint density at radius 2 is 2.28 bits per heavy atom. The van der Waals surface area contributed by atoms with Crippen LogP contribution < -0.4 is 0 Å². The summed E-state index contributed by atoms with van der Waals surface area (Å²) in [6.07, 6.45) is 3.37. The fourth-order valence-electron chi connectivity index (χ4n) is 2.28. The number of rotatable bonds is 1. The van der Waals surface area contributed by atoms with Crippen molar-refractivity contribution in [2.75, 3.05) is 6.61 Å². The van der Waals surface area contributed by atoms with Crippen molar-refractivity contribution in [2.24, 2.45) is 0 Å². The molecule has 1 unspecified atom stereocenters. The van der Waals surface area contributed by atoms with E-state index >= 15 is 0 Å².